The highest BCUT2D eigenvalue weighted by atomic mass is 35.5. The summed E-state index contributed by atoms with van der Waals surface area (Å²) in [5.41, 5.74) is 3.69. The second-order valence-corrected chi connectivity index (χ2v) is 7.84. The average Bonchev–Trinajstić information content (AvgIpc) is 3.06. The molecule has 1 unspecified atom stereocenters. The number of thiophene rings is 2. The van der Waals surface area contributed by atoms with Crippen molar-refractivity contribution < 1.29 is 0 Å². The van der Waals surface area contributed by atoms with Crippen molar-refractivity contribution in [2.45, 2.75) is 19.9 Å². The Kier molecular flexibility index (Phi) is 4.34. The first-order valence-electron chi connectivity index (χ1n) is 6.75. The van der Waals surface area contributed by atoms with Crippen LogP contribution in [0.2, 0.25) is 4.34 Å². The van der Waals surface area contributed by atoms with Gasteiger partial charge in [0.15, 0.2) is 0 Å². The minimum atomic E-state index is 0.156. The Balaban J connectivity index is 1.96. The van der Waals surface area contributed by atoms with Crippen molar-refractivity contribution in [2.24, 2.45) is 0 Å². The Hall–Kier alpha value is -1.29. The van der Waals surface area contributed by atoms with Gasteiger partial charge in [-0.3, -0.25) is 0 Å². The maximum atomic E-state index is 6.11. The van der Waals surface area contributed by atoms with E-state index < -0.39 is 0 Å². The van der Waals surface area contributed by atoms with Crippen molar-refractivity contribution in [1.29, 1.82) is 0 Å². The van der Waals surface area contributed by atoms with E-state index >= 15 is 0 Å². The van der Waals surface area contributed by atoms with Crippen LogP contribution < -0.4 is 5.32 Å². The Morgan fingerprint density at radius 1 is 1.00 bits per heavy atom. The van der Waals surface area contributed by atoms with Crippen LogP contribution in [0.1, 0.15) is 26.9 Å². The van der Waals surface area contributed by atoms with Gasteiger partial charge in [0.2, 0.25) is 0 Å². The number of aryl methyl sites for hydroxylation is 2. The first-order chi connectivity index (χ1) is 10.1. The van der Waals surface area contributed by atoms with E-state index in [1.807, 2.05) is 6.07 Å². The molecule has 2 aromatic heterocycles. The summed E-state index contributed by atoms with van der Waals surface area (Å²) in [5.74, 6) is 0. The summed E-state index contributed by atoms with van der Waals surface area (Å²) < 4.78 is 0.828. The Morgan fingerprint density at radius 3 is 2.33 bits per heavy atom. The molecular weight excluding hydrogens is 318 g/mol. The van der Waals surface area contributed by atoms with E-state index in [-0.39, 0.29) is 6.04 Å². The SMILES string of the molecule is Cc1cc(C)cc(NC(c2cccs2)c2ccc(Cl)s2)c1. The number of hydrogen-bond donors (Lipinski definition) is 1. The summed E-state index contributed by atoms with van der Waals surface area (Å²) in [5, 5.41) is 5.77. The van der Waals surface area contributed by atoms with Crippen LogP contribution in [0.25, 0.3) is 0 Å². The molecule has 0 aliphatic rings. The third-order valence-corrected chi connectivity index (χ3v) is 5.47. The number of rotatable bonds is 4. The fraction of sp³-hybridized carbons (Fsp3) is 0.176. The zero-order valence-electron chi connectivity index (χ0n) is 11.9. The van der Waals surface area contributed by atoms with Gasteiger partial charge in [0.05, 0.1) is 10.4 Å². The zero-order valence-corrected chi connectivity index (χ0v) is 14.3. The largest absolute Gasteiger partial charge is 0.373 e. The summed E-state index contributed by atoms with van der Waals surface area (Å²) >= 11 is 9.51. The number of benzene rings is 1. The second-order valence-electron chi connectivity index (χ2n) is 5.11. The molecule has 3 aromatic rings. The van der Waals surface area contributed by atoms with Gasteiger partial charge in [-0.1, -0.05) is 23.7 Å². The third kappa shape index (κ3) is 3.49. The lowest BCUT2D eigenvalue weighted by Gasteiger charge is -2.18. The molecule has 0 spiro atoms. The van der Waals surface area contributed by atoms with Crippen LogP contribution in [-0.4, -0.2) is 0 Å². The highest BCUT2D eigenvalue weighted by Gasteiger charge is 2.17. The van der Waals surface area contributed by atoms with Crippen LogP contribution in [0, 0.1) is 13.8 Å². The highest BCUT2D eigenvalue weighted by Crippen LogP contribution is 2.35. The molecular formula is C17H16ClNS2. The molecule has 0 aliphatic heterocycles. The molecule has 1 nitrogen and oxygen atoms in total. The van der Waals surface area contributed by atoms with E-state index in [1.54, 1.807) is 22.7 Å². The standard InChI is InChI=1S/C17H16ClNS2/c1-11-8-12(2)10-13(9-11)19-17(14-4-3-7-20-14)15-5-6-16(18)21-15/h3-10,17,19H,1-2H3. The molecule has 0 saturated carbocycles. The van der Waals surface area contributed by atoms with E-state index in [0.717, 1.165) is 10.0 Å². The topological polar surface area (TPSA) is 12.0 Å². The zero-order chi connectivity index (χ0) is 14.8. The molecule has 0 fully saturated rings. The minimum absolute atomic E-state index is 0.156. The molecule has 0 bridgehead atoms. The Bertz CT molecular complexity index is 711. The molecule has 1 atom stereocenters. The third-order valence-electron chi connectivity index (χ3n) is 3.24. The predicted octanol–water partition coefficient (Wildman–Crippen LogP) is 6.28. The summed E-state index contributed by atoms with van der Waals surface area (Å²) in [7, 11) is 0. The fourth-order valence-corrected chi connectivity index (χ4v) is 4.45. The molecule has 3 rings (SSSR count). The molecule has 0 aliphatic carbocycles. The van der Waals surface area contributed by atoms with Gasteiger partial charge in [0.25, 0.3) is 0 Å². The number of anilines is 1. The lowest BCUT2D eigenvalue weighted by atomic mass is 10.1. The van der Waals surface area contributed by atoms with E-state index in [0.29, 0.717) is 0 Å². The monoisotopic (exact) mass is 333 g/mol. The van der Waals surface area contributed by atoms with Gasteiger partial charge < -0.3 is 5.32 Å². The van der Waals surface area contributed by atoms with Gasteiger partial charge in [-0.05, 0) is 60.7 Å². The number of halogens is 1. The van der Waals surface area contributed by atoms with Gasteiger partial charge in [-0.15, -0.1) is 22.7 Å². The minimum Gasteiger partial charge on any atom is -0.373 e. The van der Waals surface area contributed by atoms with E-state index in [2.05, 4.69) is 60.9 Å². The van der Waals surface area contributed by atoms with Crippen LogP contribution in [0.4, 0.5) is 5.69 Å². The number of nitrogens with one attached hydrogen (secondary N) is 1. The fourth-order valence-electron chi connectivity index (χ4n) is 2.45. The van der Waals surface area contributed by atoms with Gasteiger partial charge >= 0.3 is 0 Å². The van der Waals surface area contributed by atoms with Gasteiger partial charge in [-0.25, -0.2) is 0 Å². The Morgan fingerprint density at radius 2 is 1.76 bits per heavy atom. The summed E-state index contributed by atoms with van der Waals surface area (Å²) in [6, 6.07) is 15.0. The maximum absolute atomic E-state index is 6.11. The molecule has 1 aromatic carbocycles. The van der Waals surface area contributed by atoms with Crippen LogP contribution in [0.5, 0.6) is 0 Å². The normalized spacial score (nSPS) is 12.3. The molecule has 1 N–H and O–H groups in total. The first-order valence-corrected chi connectivity index (χ1v) is 8.83. The Labute approximate surface area is 138 Å². The van der Waals surface area contributed by atoms with E-state index in [4.69, 9.17) is 11.6 Å². The molecule has 21 heavy (non-hydrogen) atoms. The number of hydrogen-bond acceptors (Lipinski definition) is 3. The van der Waals surface area contributed by atoms with E-state index in [1.165, 1.54) is 20.9 Å². The highest BCUT2D eigenvalue weighted by molar-refractivity contribution is 7.16. The average molecular weight is 334 g/mol. The van der Waals surface area contributed by atoms with Crippen molar-refractivity contribution in [2.75, 3.05) is 5.32 Å². The van der Waals surface area contributed by atoms with Crippen LogP contribution in [-0.2, 0) is 0 Å². The van der Waals surface area contributed by atoms with Crippen molar-refractivity contribution in [3.8, 4) is 0 Å². The summed E-state index contributed by atoms with van der Waals surface area (Å²) in [4.78, 5) is 2.54. The lowest BCUT2D eigenvalue weighted by Crippen LogP contribution is -2.09. The van der Waals surface area contributed by atoms with Crippen LogP contribution in [0.15, 0.2) is 47.8 Å². The van der Waals surface area contributed by atoms with Gasteiger partial charge in [0, 0.05) is 15.4 Å². The first kappa shape index (κ1) is 14.6. The molecule has 2 heterocycles. The van der Waals surface area contributed by atoms with Crippen molar-refractivity contribution in [3.05, 3.63) is 73.1 Å². The van der Waals surface area contributed by atoms with Crippen LogP contribution in [0.3, 0.4) is 0 Å². The van der Waals surface area contributed by atoms with E-state index in [9.17, 15) is 0 Å². The quantitative estimate of drug-likeness (QED) is 0.592. The van der Waals surface area contributed by atoms with Gasteiger partial charge in [0.1, 0.15) is 0 Å². The van der Waals surface area contributed by atoms with Crippen molar-refractivity contribution in [3.63, 3.8) is 0 Å². The van der Waals surface area contributed by atoms with Crippen molar-refractivity contribution >= 4 is 40.0 Å². The smallest absolute Gasteiger partial charge is 0.0954 e. The molecule has 0 saturated heterocycles. The predicted molar refractivity (Wildman–Crippen MR) is 95.0 cm³/mol. The lowest BCUT2D eigenvalue weighted by molar-refractivity contribution is 0.991. The maximum Gasteiger partial charge on any atom is 0.0954 e. The summed E-state index contributed by atoms with van der Waals surface area (Å²) in [6.07, 6.45) is 0. The van der Waals surface area contributed by atoms with Crippen molar-refractivity contribution in [1.82, 2.24) is 0 Å². The summed E-state index contributed by atoms with van der Waals surface area (Å²) in [6.45, 7) is 4.25. The molecule has 4 heteroatoms. The molecule has 108 valence electrons. The van der Waals surface area contributed by atoms with Crippen LogP contribution >= 0.6 is 34.3 Å². The molecule has 0 amide bonds. The molecule has 0 radical (unpaired) electrons. The van der Waals surface area contributed by atoms with Gasteiger partial charge in [-0.2, -0.15) is 0 Å². The second kappa shape index (κ2) is 6.22.